The number of carboxylic acid groups (broad SMARTS) is 1. The zero-order valence-electron chi connectivity index (χ0n) is 23.6. The Morgan fingerprint density at radius 3 is 2.73 bits per heavy atom. The molecule has 41 heavy (non-hydrogen) atoms. The molecule has 2 aromatic carbocycles. The Bertz CT molecular complexity index is 1450. The zero-order chi connectivity index (χ0) is 28.5. The predicted octanol–water partition coefficient (Wildman–Crippen LogP) is 5.34. The van der Waals surface area contributed by atoms with Gasteiger partial charge in [-0.05, 0) is 62.3 Å². The van der Waals surface area contributed by atoms with Gasteiger partial charge in [0.05, 0.1) is 36.0 Å². The van der Waals surface area contributed by atoms with Crippen LogP contribution in [0.15, 0.2) is 41.8 Å². The van der Waals surface area contributed by atoms with Crippen LogP contribution in [0.1, 0.15) is 42.0 Å². The molecule has 0 spiro atoms. The van der Waals surface area contributed by atoms with E-state index in [1.807, 2.05) is 24.3 Å². The highest BCUT2D eigenvalue weighted by molar-refractivity contribution is 7.14. The molecule has 0 amide bonds. The number of rotatable bonds is 8. The van der Waals surface area contributed by atoms with Gasteiger partial charge in [-0.25, -0.2) is 4.98 Å². The number of aliphatic carboxylic acids is 1. The van der Waals surface area contributed by atoms with Gasteiger partial charge >= 0.3 is 5.97 Å². The number of fused-ring (bicyclic) bond motifs is 2. The van der Waals surface area contributed by atoms with Gasteiger partial charge < -0.3 is 19.5 Å². The van der Waals surface area contributed by atoms with Crippen molar-refractivity contribution in [2.24, 2.45) is 17.8 Å². The van der Waals surface area contributed by atoms with E-state index in [4.69, 9.17) is 14.5 Å². The Balaban J connectivity index is 1.16. The van der Waals surface area contributed by atoms with Crippen LogP contribution in [0.3, 0.4) is 0 Å². The van der Waals surface area contributed by atoms with Crippen LogP contribution >= 0.6 is 11.3 Å². The van der Waals surface area contributed by atoms with Crippen molar-refractivity contribution in [2.45, 2.75) is 45.9 Å². The minimum Gasteiger partial charge on any atom is -0.488 e. The first kappa shape index (κ1) is 27.7. The van der Waals surface area contributed by atoms with Crippen LogP contribution in [0.5, 0.6) is 5.75 Å². The van der Waals surface area contributed by atoms with Gasteiger partial charge in [0.15, 0.2) is 5.13 Å². The average Bonchev–Trinajstić information content (AvgIpc) is 3.55. The van der Waals surface area contributed by atoms with Crippen molar-refractivity contribution in [3.05, 3.63) is 64.0 Å². The van der Waals surface area contributed by atoms with Crippen LogP contribution in [0, 0.1) is 36.0 Å². The van der Waals surface area contributed by atoms with Gasteiger partial charge in [0.25, 0.3) is 0 Å². The lowest BCUT2D eigenvalue weighted by atomic mass is 9.85. The van der Waals surface area contributed by atoms with Crippen molar-refractivity contribution in [1.29, 1.82) is 5.26 Å². The summed E-state index contributed by atoms with van der Waals surface area (Å²) in [4.78, 5) is 21.4. The van der Waals surface area contributed by atoms with E-state index >= 15 is 0 Å². The number of aromatic nitrogens is 1. The number of piperidine rings is 1. The predicted molar refractivity (Wildman–Crippen MR) is 158 cm³/mol. The second-order valence-corrected chi connectivity index (χ2v) is 12.5. The maximum atomic E-state index is 11.8. The normalized spacial score (nSPS) is 24.3. The molecule has 1 saturated carbocycles. The molecule has 6 rings (SSSR count). The van der Waals surface area contributed by atoms with E-state index in [2.05, 4.69) is 47.2 Å². The average molecular weight is 573 g/mol. The number of carbonyl (C=O) groups is 1. The Labute approximate surface area is 245 Å². The van der Waals surface area contributed by atoms with E-state index in [0.717, 1.165) is 91.0 Å². The first-order valence-corrected chi connectivity index (χ1v) is 15.3. The molecule has 1 aliphatic carbocycles. The number of morpholine rings is 1. The van der Waals surface area contributed by atoms with E-state index in [1.165, 1.54) is 0 Å². The van der Waals surface area contributed by atoms with E-state index in [0.29, 0.717) is 5.56 Å². The fourth-order valence-corrected chi connectivity index (χ4v) is 7.53. The van der Waals surface area contributed by atoms with Crippen LogP contribution in [0.2, 0.25) is 0 Å². The number of aryl methyl sites for hydroxylation is 1. The summed E-state index contributed by atoms with van der Waals surface area (Å²) in [6.07, 6.45) is 2.18. The molecule has 3 aromatic rings. The van der Waals surface area contributed by atoms with Crippen molar-refractivity contribution in [3.8, 4) is 23.1 Å². The van der Waals surface area contributed by atoms with E-state index < -0.39 is 5.97 Å². The topological polar surface area (TPSA) is 98.9 Å². The third-order valence-corrected chi connectivity index (χ3v) is 9.60. The molecule has 3 heterocycles. The number of carboxylic acids is 1. The van der Waals surface area contributed by atoms with E-state index in [1.54, 1.807) is 11.3 Å². The Morgan fingerprint density at radius 2 is 2.00 bits per heavy atom. The third-order valence-electron chi connectivity index (χ3n) is 8.70. The number of anilines is 1. The molecule has 3 fully saturated rings. The second kappa shape index (κ2) is 11.8. The van der Waals surface area contributed by atoms with Crippen molar-refractivity contribution >= 4 is 22.4 Å². The molecule has 1 aromatic heterocycles. The molecule has 3 aliphatic rings. The molecular formula is C32H36N4O4S. The Kier molecular flexibility index (Phi) is 7.98. The maximum Gasteiger partial charge on any atom is 0.307 e. The van der Waals surface area contributed by atoms with Crippen molar-refractivity contribution < 1.29 is 19.4 Å². The van der Waals surface area contributed by atoms with Crippen LogP contribution in [-0.2, 0) is 22.7 Å². The number of nitrogens with zero attached hydrogens (tertiary/aromatic N) is 4. The molecular weight excluding hydrogens is 536 g/mol. The lowest BCUT2D eigenvalue weighted by Crippen LogP contribution is -2.44. The zero-order valence-corrected chi connectivity index (χ0v) is 24.4. The van der Waals surface area contributed by atoms with Crippen LogP contribution in [0.4, 0.5) is 5.13 Å². The molecule has 4 atom stereocenters. The van der Waals surface area contributed by atoms with Crippen LogP contribution in [0.25, 0.3) is 11.3 Å². The summed E-state index contributed by atoms with van der Waals surface area (Å²) in [5, 5.41) is 22.6. The Hall–Kier alpha value is -3.45. The van der Waals surface area contributed by atoms with Crippen LogP contribution in [-0.4, -0.2) is 59.8 Å². The minimum absolute atomic E-state index is 0.189. The summed E-state index contributed by atoms with van der Waals surface area (Å²) >= 11 is 1.60. The highest BCUT2D eigenvalue weighted by atomic mass is 32.1. The summed E-state index contributed by atoms with van der Waals surface area (Å²) in [5.41, 5.74) is 5.49. The highest BCUT2D eigenvalue weighted by Crippen LogP contribution is 2.44. The first-order valence-electron chi connectivity index (χ1n) is 14.4. The number of hydrogen-bond acceptors (Lipinski definition) is 8. The van der Waals surface area contributed by atoms with Gasteiger partial charge in [0.2, 0.25) is 0 Å². The number of hydrogen-bond donors (Lipinski definition) is 1. The van der Waals surface area contributed by atoms with Gasteiger partial charge in [-0.15, -0.1) is 11.3 Å². The van der Waals surface area contributed by atoms with Crippen molar-refractivity contribution in [1.82, 2.24) is 9.88 Å². The summed E-state index contributed by atoms with van der Waals surface area (Å²) in [6.45, 7) is 9.25. The van der Waals surface area contributed by atoms with Gasteiger partial charge in [0, 0.05) is 49.2 Å². The van der Waals surface area contributed by atoms with E-state index in [-0.39, 0.29) is 30.5 Å². The first-order chi connectivity index (χ1) is 19.9. The third kappa shape index (κ3) is 5.96. The van der Waals surface area contributed by atoms with Gasteiger partial charge in [-0.2, -0.15) is 5.26 Å². The SMILES string of the molecule is Cc1ccc(OCc2ccc(CN3CCOC(C)C3)cc2C#N)c(-c2csc(N3CC4CC[C@H](C3)C4C(=O)O)n2)c1. The molecule has 1 N–H and O–H groups in total. The largest absolute Gasteiger partial charge is 0.488 e. The fraction of sp³-hybridized carbons (Fsp3) is 0.469. The number of nitriles is 1. The lowest BCUT2D eigenvalue weighted by Gasteiger charge is -2.35. The Morgan fingerprint density at radius 1 is 1.20 bits per heavy atom. The smallest absolute Gasteiger partial charge is 0.307 e. The summed E-state index contributed by atoms with van der Waals surface area (Å²) < 4.78 is 12.0. The molecule has 9 heteroatoms. The molecule has 214 valence electrons. The molecule has 2 bridgehead atoms. The van der Waals surface area contributed by atoms with Crippen molar-refractivity contribution in [3.63, 3.8) is 0 Å². The second-order valence-electron chi connectivity index (χ2n) is 11.7. The lowest BCUT2D eigenvalue weighted by molar-refractivity contribution is -0.144. The highest BCUT2D eigenvalue weighted by Gasteiger charge is 2.46. The monoisotopic (exact) mass is 572 g/mol. The number of benzene rings is 2. The van der Waals surface area contributed by atoms with Gasteiger partial charge in [-0.1, -0.05) is 23.8 Å². The molecule has 2 saturated heterocycles. The molecule has 3 unspecified atom stereocenters. The quantitative estimate of drug-likeness (QED) is 0.386. The number of ether oxygens (including phenoxy) is 2. The van der Waals surface area contributed by atoms with Gasteiger partial charge in [-0.3, -0.25) is 9.69 Å². The van der Waals surface area contributed by atoms with Crippen LogP contribution < -0.4 is 9.64 Å². The summed E-state index contributed by atoms with van der Waals surface area (Å²) in [6, 6.07) is 14.5. The number of thiazole rings is 1. The standard InChI is InChI=1S/C32H36N4O4S/c1-20-3-8-29(40-18-25-5-4-22(12-26(25)13-33)15-35-9-10-39-21(2)14-35)27(11-20)28-19-41-32(34-28)36-16-23-6-7-24(17-36)30(23)31(37)38/h3-5,8,11-12,19,21,23-24,30H,6-7,9-10,14-18H2,1-2H3,(H,37,38)/t21?,23-,24?,30?/m1/s1. The maximum absolute atomic E-state index is 11.8. The van der Waals surface area contributed by atoms with Gasteiger partial charge in [0.1, 0.15) is 12.4 Å². The fourth-order valence-electron chi connectivity index (χ4n) is 6.68. The summed E-state index contributed by atoms with van der Waals surface area (Å²) in [7, 11) is 0. The molecule has 2 aliphatic heterocycles. The molecule has 0 radical (unpaired) electrons. The van der Waals surface area contributed by atoms with Crippen molar-refractivity contribution in [2.75, 3.05) is 37.7 Å². The minimum atomic E-state index is -0.653. The summed E-state index contributed by atoms with van der Waals surface area (Å²) in [5.74, 6) is 0.231. The molecule has 8 nitrogen and oxygen atoms in total. The van der Waals surface area contributed by atoms with E-state index in [9.17, 15) is 15.2 Å².